The molecule has 1 aromatic carbocycles. The summed E-state index contributed by atoms with van der Waals surface area (Å²) in [6.07, 6.45) is 1.71. The molecule has 1 aliphatic heterocycles. The smallest absolute Gasteiger partial charge is 0.176 e. The van der Waals surface area contributed by atoms with Crippen molar-refractivity contribution in [3.63, 3.8) is 0 Å². The largest absolute Gasteiger partial charge is 0.394 e. The lowest BCUT2D eigenvalue weighted by Gasteiger charge is -2.31. The Morgan fingerprint density at radius 1 is 1.29 bits per heavy atom. The van der Waals surface area contributed by atoms with E-state index in [9.17, 15) is 13.6 Å². The van der Waals surface area contributed by atoms with Crippen molar-refractivity contribution in [2.45, 2.75) is 18.9 Å². The number of aliphatic hydroxyl groups is 1. The van der Waals surface area contributed by atoms with E-state index in [2.05, 4.69) is 0 Å². The van der Waals surface area contributed by atoms with Gasteiger partial charge < -0.3 is 9.84 Å². The predicted molar refractivity (Wildman–Crippen MR) is 73.2 cm³/mol. The van der Waals surface area contributed by atoms with Gasteiger partial charge in [-0.2, -0.15) is 0 Å². The van der Waals surface area contributed by atoms with Crippen LogP contribution in [0, 0.1) is 11.6 Å². The minimum Gasteiger partial charge on any atom is -0.394 e. The van der Waals surface area contributed by atoms with Crippen molar-refractivity contribution in [3.05, 3.63) is 35.4 Å². The van der Waals surface area contributed by atoms with Crippen LogP contribution in [0.1, 0.15) is 23.2 Å². The monoisotopic (exact) mass is 299 g/mol. The molecule has 0 aliphatic carbocycles. The number of ketones is 1. The SMILES string of the molecule is O=C(CN1CCC(OCCO)CC1)c1ccc(F)c(F)c1. The quantitative estimate of drug-likeness (QED) is 0.811. The minimum absolute atomic E-state index is 0.00876. The normalized spacial score (nSPS) is 17.1. The lowest BCUT2D eigenvalue weighted by Crippen LogP contribution is -2.40. The number of aliphatic hydroxyl groups excluding tert-OH is 1. The van der Waals surface area contributed by atoms with Crippen LogP contribution in [-0.4, -0.2) is 54.7 Å². The van der Waals surface area contributed by atoms with Crippen LogP contribution in [0.15, 0.2) is 18.2 Å². The Kier molecular flexibility index (Phi) is 5.78. The molecule has 1 aromatic rings. The van der Waals surface area contributed by atoms with Gasteiger partial charge in [0.15, 0.2) is 17.4 Å². The molecule has 0 bridgehead atoms. The van der Waals surface area contributed by atoms with E-state index in [1.165, 1.54) is 6.07 Å². The maximum atomic E-state index is 13.1. The van der Waals surface area contributed by atoms with Crippen LogP contribution < -0.4 is 0 Å². The van der Waals surface area contributed by atoms with Gasteiger partial charge in [-0.3, -0.25) is 9.69 Å². The zero-order valence-corrected chi connectivity index (χ0v) is 11.7. The van der Waals surface area contributed by atoms with Gasteiger partial charge in [0, 0.05) is 18.7 Å². The van der Waals surface area contributed by atoms with Crippen molar-refractivity contribution in [1.82, 2.24) is 4.90 Å². The number of rotatable bonds is 6. The van der Waals surface area contributed by atoms with Crippen molar-refractivity contribution in [3.8, 4) is 0 Å². The van der Waals surface area contributed by atoms with E-state index in [-0.39, 0.29) is 30.6 Å². The number of likely N-dealkylation sites (tertiary alicyclic amines) is 1. The van der Waals surface area contributed by atoms with Crippen LogP contribution >= 0.6 is 0 Å². The Morgan fingerprint density at radius 3 is 2.62 bits per heavy atom. The third-order valence-corrected chi connectivity index (χ3v) is 3.59. The molecule has 1 fully saturated rings. The fraction of sp³-hybridized carbons (Fsp3) is 0.533. The van der Waals surface area contributed by atoms with Gasteiger partial charge in [0.1, 0.15) is 0 Å². The van der Waals surface area contributed by atoms with Crippen molar-refractivity contribution in [2.24, 2.45) is 0 Å². The highest BCUT2D eigenvalue weighted by atomic mass is 19.2. The third-order valence-electron chi connectivity index (χ3n) is 3.59. The fourth-order valence-corrected chi connectivity index (χ4v) is 2.42. The number of hydrogen-bond donors (Lipinski definition) is 1. The minimum atomic E-state index is -1.00. The molecule has 0 aromatic heterocycles. The first-order valence-corrected chi connectivity index (χ1v) is 7.03. The van der Waals surface area contributed by atoms with Gasteiger partial charge in [0.2, 0.25) is 0 Å². The second-order valence-corrected chi connectivity index (χ2v) is 5.12. The summed E-state index contributed by atoms with van der Waals surface area (Å²) in [6, 6.07) is 3.21. The summed E-state index contributed by atoms with van der Waals surface area (Å²) in [5.74, 6) is -2.17. The summed E-state index contributed by atoms with van der Waals surface area (Å²) < 4.78 is 31.4. The summed E-state index contributed by atoms with van der Waals surface area (Å²) in [4.78, 5) is 14.0. The van der Waals surface area contributed by atoms with E-state index >= 15 is 0 Å². The second kappa shape index (κ2) is 7.59. The number of halogens is 2. The van der Waals surface area contributed by atoms with Crippen molar-refractivity contribution >= 4 is 5.78 Å². The number of ether oxygens (including phenoxy) is 1. The molecule has 0 spiro atoms. The Balaban J connectivity index is 1.82. The molecule has 6 heteroatoms. The predicted octanol–water partition coefficient (Wildman–Crippen LogP) is 1.62. The van der Waals surface area contributed by atoms with E-state index in [1.54, 1.807) is 0 Å². The lowest BCUT2D eigenvalue weighted by atomic mass is 10.1. The van der Waals surface area contributed by atoms with Crippen molar-refractivity contribution in [2.75, 3.05) is 32.8 Å². The number of benzene rings is 1. The molecule has 0 unspecified atom stereocenters. The molecule has 0 amide bonds. The highest BCUT2D eigenvalue weighted by Crippen LogP contribution is 2.15. The van der Waals surface area contributed by atoms with Crippen LogP contribution in [0.2, 0.25) is 0 Å². The Hall–Kier alpha value is -1.37. The number of carbonyl (C=O) groups is 1. The van der Waals surface area contributed by atoms with E-state index in [0.29, 0.717) is 19.7 Å². The van der Waals surface area contributed by atoms with Crippen LogP contribution in [0.4, 0.5) is 8.78 Å². The molecule has 1 heterocycles. The van der Waals surface area contributed by atoms with Gasteiger partial charge in [0.05, 0.1) is 25.9 Å². The maximum absolute atomic E-state index is 13.1. The first-order valence-electron chi connectivity index (χ1n) is 7.03. The number of nitrogens with zero attached hydrogens (tertiary/aromatic N) is 1. The van der Waals surface area contributed by atoms with E-state index in [1.807, 2.05) is 4.90 Å². The van der Waals surface area contributed by atoms with Crippen molar-refractivity contribution < 1.29 is 23.4 Å². The van der Waals surface area contributed by atoms with Gasteiger partial charge in [-0.15, -0.1) is 0 Å². The number of hydrogen-bond acceptors (Lipinski definition) is 4. The Bertz CT molecular complexity index is 488. The Labute approximate surface area is 122 Å². The standard InChI is InChI=1S/C15H19F2NO3/c16-13-2-1-11(9-14(13)17)15(20)10-18-5-3-12(4-6-18)21-8-7-19/h1-2,9,12,19H,3-8,10H2. The highest BCUT2D eigenvalue weighted by molar-refractivity contribution is 5.97. The second-order valence-electron chi connectivity index (χ2n) is 5.12. The van der Waals surface area contributed by atoms with Gasteiger partial charge in [0.25, 0.3) is 0 Å². The first kappa shape index (κ1) is 16.0. The summed E-state index contributed by atoms with van der Waals surface area (Å²) in [6.45, 7) is 1.96. The van der Waals surface area contributed by atoms with Gasteiger partial charge in [-0.1, -0.05) is 0 Å². The van der Waals surface area contributed by atoms with Crippen LogP contribution in [0.5, 0.6) is 0 Å². The molecular weight excluding hydrogens is 280 g/mol. The molecule has 1 saturated heterocycles. The lowest BCUT2D eigenvalue weighted by molar-refractivity contribution is -0.00689. The van der Waals surface area contributed by atoms with E-state index in [0.717, 1.165) is 25.0 Å². The summed E-state index contributed by atoms with van der Waals surface area (Å²) in [5, 5.41) is 8.70. The maximum Gasteiger partial charge on any atom is 0.176 e. The number of carbonyl (C=O) groups excluding carboxylic acids is 1. The average Bonchev–Trinajstić information content (AvgIpc) is 2.49. The first-order chi connectivity index (χ1) is 10.1. The molecule has 0 radical (unpaired) electrons. The molecule has 116 valence electrons. The average molecular weight is 299 g/mol. The van der Waals surface area contributed by atoms with Crippen LogP contribution in [0.25, 0.3) is 0 Å². The van der Waals surface area contributed by atoms with Crippen LogP contribution in [-0.2, 0) is 4.74 Å². The van der Waals surface area contributed by atoms with Crippen LogP contribution in [0.3, 0.4) is 0 Å². The van der Waals surface area contributed by atoms with E-state index < -0.39 is 11.6 Å². The molecule has 0 atom stereocenters. The van der Waals surface area contributed by atoms with E-state index in [4.69, 9.17) is 9.84 Å². The molecule has 1 N–H and O–H groups in total. The molecule has 2 rings (SSSR count). The summed E-state index contributed by atoms with van der Waals surface area (Å²) in [7, 11) is 0. The highest BCUT2D eigenvalue weighted by Gasteiger charge is 2.22. The number of Topliss-reactive ketones (excluding diaryl/α,β-unsaturated/α-hetero) is 1. The summed E-state index contributed by atoms with van der Waals surface area (Å²) >= 11 is 0. The van der Waals surface area contributed by atoms with Gasteiger partial charge in [-0.05, 0) is 31.0 Å². The molecule has 0 saturated carbocycles. The Morgan fingerprint density at radius 2 is 2.00 bits per heavy atom. The zero-order chi connectivity index (χ0) is 15.2. The molecule has 1 aliphatic rings. The fourth-order valence-electron chi connectivity index (χ4n) is 2.42. The summed E-state index contributed by atoms with van der Waals surface area (Å²) in [5.41, 5.74) is 0.188. The molecular formula is C15H19F2NO3. The topological polar surface area (TPSA) is 49.8 Å². The van der Waals surface area contributed by atoms with Crippen molar-refractivity contribution in [1.29, 1.82) is 0 Å². The molecule has 4 nitrogen and oxygen atoms in total. The van der Waals surface area contributed by atoms with Gasteiger partial charge in [-0.25, -0.2) is 8.78 Å². The third kappa shape index (κ3) is 4.56. The molecule has 21 heavy (non-hydrogen) atoms. The van der Waals surface area contributed by atoms with Gasteiger partial charge >= 0.3 is 0 Å². The number of piperidine rings is 1. The zero-order valence-electron chi connectivity index (χ0n) is 11.7.